The molecule has 13 nitrogen and oxygen atoms in total. The van der Waals surface area contributed by atoms with Crippen LogP contribution < -0.4 is 11.1 Å². The first kappa shape index (κ1) is 38.6. The standard InChI is InChI=1S/C40H47N5O8S/c41-18-8-7-14-28(36(47)37-42-31-16-5-6-17-35(31)53-37)22-34(46)33-23-29(52-40(50)44-19-9-2-10-20-44)25-45(33)38(48)32(24-30-15-11-21-54-30)43-39(49)51-26-27-12-3-1-4-13-27/h1,3-6,11-13,15-17,21,28-29,32-33H,2,7-10,14,18-20,22-26,41H2,(H,43,49)/t28-,29-,32-,33+/m1/s1. The highest BCUT2D eigenvalue weighted by Crippen LogP contribution is 2.29. The molecule has 4 aromatic rings. The number of benzene rings is 2. The van der Waals surface area contributed by atoms with E-state index < -0.39 is 48.0 Å². The fourth-order valence-corrected chi connectivity index (χ4v) is 7.81. The summed E-state index contributed by atoms with van der Waals surface area (Å²) in [5.74, 6) is -2.14. The summed E-state index contributed by atoms with van der Waals surface area (Å²) in [6.07, 6.45) is 2.40. The van der Waals surface area contributed by atoms with E-state index >= 15 is 0 Å². The maximum atomic E-state index is 14.5. The number of rotatable bonds is 16. The van der Waals surface area contributed by atoms with E-state index in [4.69, 9.17) is 19.6 Å². The van der Waals surface area contributed by atoms with Gasteiger partial charge in [0.2, 0.25) is 11.7 Å². The van der Waals surface area contributed by atoms with Gasteiger partial charge in [-0.05, 0) is 67.8 Å². The molecule has 0 saturated carbocycles. The van der Waals surface area contributed by atoms with Gasteiger partial charge in [-0.2, -0.15) is 0 Å². The van der Waals surface area contributed by atoms with Crippen molar-refractivity contribution in [2.45, 2.75) is 82.6 Å². The number of amides is 3. The van der Waals surface area contributed by atoms with Crippen LogP contribution in [-0.4, -0.2) is 88.8 Å². The topological polar surface area (TPSA) is 174 Å². The summed E-state index contributed by atoms with van der Waals surface area (Å²) in [7, 11) is 0. The number of nitrogens with zero attached hydrogens (tertiary/aromatic N) is 3. The molecule has 3 amide bonds. The van der Waals surface area contributed by atoms with Crippen molar-refractivity contribution in [3.63, 3.8) is 0 Å². The Morgan fingerprint density at radius 2 is 1.74 bits per heavy atom. The number of hydrogen-bond acceptors (Lipinski definition) is 11. The van der Waals surface area contributed by atoms with E-state index in [1.165, 1.54) is 16.2 Å². The molecule has 14 heteroatoms. The second-order valence-electron chi connectivity index (χ2n) is 13.8. The third kappa shape index (κ3) is 10.1. The number of nitrogens with two attached hydrogens (primary N) is 1. The minimum atomic E-state index is -1.08. The van der Waals surface area contributed by atoms with Crippen LogP contribution in [0.3, 0.4) is 0 Å². The number of carbonyl (C=O) groups is 5. The van der Waals surface area contributed by atoms with Crippen LogP contribution in [0.2, 0.25) is 0 Å². The average Bonchev–Trinajstić information content (AvgIpc) is 3.97. The number of nitrogens with one attached hydrogen (secondary N) is 1. The first-order chi connectivity index (χ1) is 26.3. The Morgan fingerprint density at radius 1 is 0.963 bits per heavy atom. The Bertz CT molecular complexity index is 1840. The van der Waals surface area contributed by atoms with Crippen LogP contribution in [0, 0.1) is 5.92 Å². The minimum absolute atomic E-state index is 0.00555. The highest BCUT2D eigenvalue weighted by atomic mass is 32.1. The molecular weight excluding hydrogens is 711 g/mol. The molecule has 0 spiro atoms. The molecule has 0 aliphatic carbocycles. The minimum Gasteiger partial charge on any atom is -0.445 e. The Kier molecular flexibility index (Phi) is 13.4. The van der Waals surface area contributed by atoms with Crippen LogP contribution >= 0.6 is 11.3 Å². The van der Waals surface area contributed by atoms with Crippen LogP contribution in [0.25, 0.3) is 11.1 Å². The lowest BCUT2D eigenvalue weighted by Crippen LogP contribution is -2.53. The first-order valence-electron chi connectivity index (χ1n) is 18.7. The van der Waals surface area contributed by atoms with Crippen LogP contribution in [0.1, 0.15) is 72.5 Å². The monoisotopic (exact) mass is 757 g/mol. The lowest BCUT2D eigenvalue weighted by Gasteiger charge is -2.29. The number of carbonyl (C=O) groups excluding carboxylic acids is 5. The molecule has 2 saturated heterocycles. The van der Waals surface area contributed by atoms with Gasteiger partial charge in [-0.3, -0.25) is 14.4 Å². The molecule has 2 aromatic heterocycles. The average molecular weight is 758 g/mol. The molecule has 2 aliphatic rings. The van der Waals surface area contributed by atoms with Gasteiger partial charge in [0.15, 0.2) is 11.4 Å². The molecule has 0 bridgehead atoms. The molecule has 0 radical (unpaired) electrons. The SMILES string of the molecule is NCCCC[C@H](CC(=O)[C@@H]1C[C@@H](OC(=O)N2CCCCC2)CN1C(=O)[C@@H](Cc1cccs1)NC(=O)OCc1ccccc1)C(=O)c1nc2ccccc2o1. The van der Waals surface area contributed by atoms with E-state index in [9.17, 15) is 24.0 Å². The maximum absolute atomic E-state index is 14.5. The molecule has 2 fully saturated rings. The number of Topliss-reactive ketones (excluding diaryl/α,β-unsaturated/α-hetero) is 2. The number of hydrogen-bond donors (Lipinski definition) is 2. The molecule has 4 heterocycles. The number of likely N-dealkylation sites (tertiary alicyclic amines) is 2. The number of fused-ring (bicyclic) bond motifs is 1. The number of unbranched alkanes of at least 4 members (excludes halogenated alkanes) is 1. The van der Waals surface area contributed by atoms with Gasteiger partial charge in [-0.1, -0.05) is 55.0 Å². The van der Waals surface area contributed by atoms with E-state index in [-0.39, 0.29) is 44.1 Å². The van der Waals surface area contributed by atoms with E-state index in [1.54, 1.807) is 29.2 Å². The van der Waals surface area contributed by atoms with Crippen molar-refractivity contribution in [1.29, 1.82) is 0 Å². The number of piperidine rings is 1. The number of alkyl carbamates (subject to hydrolysis) is 1. The van der Waals surface area contributed by atoms with Gasteiger partial charge in [0.25, 0.3) is 5.89 Å². The number of aromatic nitrogens is 1. The number of oxazole rings is 1. The zero-order valence-corrected chi connectivity index (χ0v) is 31.0. The van der Waals surface area contributed by atoms with E-state index in [2.05, 4.69) is 10.3 Å². The summed E-state index contributed by atoms with van der Waals surface area (Å²) in [4.78, 5) is 77.4. The predicted octanol–water partition coefficient (Wildman–Crippen LogP) is 5.91. The third-order valence-electron chi connectivity index (χ3n) is 9.92. The Labute approximate surface area is 318 Å². The van der Waals surface area contributed by atoms with Crippen molar-refractivity contribution in [3.8, 4) is 0 Å². The summed E-state index contributed by atoms with van der Waals surface area (Å²) in [6.45, 7) is 1.55. The Hall–Kier alpha value is -5.08. The molecule has 3 N–H and O–H groups in total. The molecule has 2 aromatic carbocycles. The van der Waals surface area contributed by atoms with E-state index in [0.29, 0.717) is 50.0 Å². The largest absolute Gasteiger partial charge is 0.445 e. The fourth-order valence-electron chi connectivity index (χ4n) is 7.05. The summed E-state index contributed by atoms with van der Waals surface area (Å²) < 4.78 is 17.2. The quantitative estimate of drug-likeness (QED) is 0.103. The second-order valence-corrected chi connectivity index (χ2v) is 14.9. The van der Waals surface area contributed by atoms with Gasteiger partial charge in [0, 0.05) is 43.1 Å². The first-order valence-corrected chi connectivity index (χ1v) is 19.5. The second kappa shape index (κ2) is 18.8. The van der Waals surface area contributed by atoms with Crippen LogP contribution in [0.4, 0.5) is 9.59 Å². The fraction of sp³-hybridized carbons (Fsp3) is 0.450. The maximum Gasteiger partial charge on any atom is 0.410 e. The van der Waals surface area contributed by atoms with Crippen LogP contribution in [-0.2, 0) is 32.1 Å². The summed E-state index contributed by atoms with van der Waals surface area (Å²) >= 11 is 1.43. The van der Waals surface area contributed by atoms with Crippen molar-refractivity contribution in [2.24, 2.45) is 11.7 Å². The summed E-state index contributed by atoms with van der Waals surface area (Å²) in [6, 6.07) is 17.8. The lowest BCUT2D eigenvalue weighted by molar-refractivity contribution is -0.139. The van der Waals surface area contributed by atoms with E-state index in [0.717, 1.165) is 29.7 Å². The molecule has 54 heavy (non-hydrogen) atoms. The number of thiophene rings is 1. The Balaban J connectivity index is 1.23. The smallest absolute Gasteiger partial charge is 0.410 e. The molecule has 2 aliphatic heterocycles. The lowest BCUT2D eigenvalue weighted by atomic mass is 9.89. The molecule has 6 rings (SSSR count). The highest BCUT2D eigenvalue weighted by molar-refractivity contribution is 7.09. The van der Waals surface area contributed by atoms with Crippen LogP contribution in [0.5, 0.6) is 0 Å². The van der Waals surface area contributed by atoms with Crippen molar-refractivity contribution < 1.29 is 37.9 Å². The van der Waals surface area contributed by atoms with Gasteiger partial charge < -0.3 is 34.7 Å². The molecule has 4 atom stereocenters. The van der Waals surface area contributed by atoms with Crippen molar-refractivity contribution in [2.75, 3.05) is 26.2 Å². The number of ketones is 2. The molecule has 0 unspecified atom stereocenters. The number of para-hydroxylation sites is 2. The Morgan fingerprint density at radius 3 is 2.48 bits per heavy atom. The predicted molar refractivity (Wildman–Crippen MR) is 202 cm³/mol. The number of ether oxygens (including phenoxy) is 2. The van der Waals surface area contributed by atoms with Crippen molar-refractivity contribution in [3.05, 3.63) is 88.4 Å². The van der Waals surface area contributed by atoms with Gasteiger partial charge in [-0.25, -0.2) is 14.6 Å². The van der Waals surface area contributed by atoms with Crippen molar-refractivity contribution in [1.82, 2.24) is 20.1 Å². The third-order valence-corrected chi connectivity index (χ3v) is 10.8. The highest BCUT2D eigenvalue weighted by Gasteiger charge is 2.45. The van der Waals surface area contributed by atoms with Crippen LogP contribution in [0.15, 0.2) is 76.5 Å². The van der Waals surface area contributed by atoms with Gasteiger partial charge >= 0.3 is 12.2 Å². The molecular formula is C40H47N5O8S. The summed E-state index contributed by atoms with van der Waals surface area (Å²) in [5.41, 5.74) is 7.54. The van der Waals surface area contributed by atoms with Gasteiger partial charge in [-0.15, -0.1) is 11.3 Å². The summed E-state index contributed by atoms with van der Waals surface area (Å²) in [5, 5.41) is 4.61. The van der Waals surface area contributed by atoms with Gasteiger partial charge in [0.05, 0.1) is 12.6 Å². The van der Waals surface area contributed by atoms with E-state index in [1.807, 2.05) is 47.8 Å². The normalized spacial score (nSPS) is 18.2. The van der Waals surface area contributed by atoms with Gasteiger partial charge in [0.1, 0.15) is 24.3 Å². The van der Waals surface area contributed by atoms with Crippen molar-refractivity contribution >= 4 is 52.1 Å². The molecule has 286 valence electrons. The zero-order valence-electron chi connectivity index (χ0n) is 30.2. The zero-order chi connectivity index (χ0) is 37.9.